The number of ether oxygens (including phenoxy) is 2. The second kappa shape index (κ2) is 11.7. The smallest absolute Gasteiger partial charge is 0.259 e. The van der Waals surface area contributed by atoms with E-state index in [4.69, 9.17) is 9.47 Å². The Morgan fingerprint density at radius 1 is 1.07 bits per heavy atom. The van der Waals surface area contributed by atoms with E-state index in [1.54, 1.807) is 6.07 Å². The minimum Gasteiger partial charge on any atom is -0.493 e. The monoisotopic (exact) mass is 447 g/mol. The van der Waals surface area contributed by atoms with Gasteiger partial charge in [0.15, 0.2) is 0 Å². The van der Waals surface area contributed by atoms with E-state index in [1.165, 1.54) is 12.8 Å². The van der Waals surface area contributed by atoms with Crippen molar-refractivity contribution in [3.05, 3.63) is 52.5 Å². The fourth-order valence-electron chi connectivity index (χ4n) is 2.64. The van der Waals surface area contributed by atoms with Crippen molar-refractivity contribution in [3.8, 4) is 11.5 Å². The van der Waals surface area contributed by atoms with Gasteiger partial charge in [0.2, 0.25) is 0 Å². The Labute approximate surface area is 176 Å². The van der Waals surface area contributed by atoms with Crippen LogP contribution in [-0.4, -0.2) is 19.1 Å². The van der Waals surface area contributed by atoms with Crippen molar-refractivity contribution in [2.45, 2.75) is 46.5 Å². The van der Waals surface area contributed by atoms with Crippen molar-refractivity contribution in [1.29, 1.82) is 0 Å². The third-order valence-corrected chi connectivity index (χ3v) is 4.61. The number of amides is 1. The molecule has 152 valence electrons. The van der Waals surface area contributed by atoms with Gasteiger partial charge in [-0.25, -0.2) is 0 Å². The Kier molecular flexibility index (Phi) is 9.35. The molecule has 1 N–H and O–H groups in total. The average Bonchev–Trinajstić information content (AvgIpc) is 2.67. The number of benzene rings is 2. The van der Waals surface area contributed by atoms with Gasteiger partial charge >= 0.3 is 0 Å². The second-order valence-corrected chi connectivity index (χ2v) is 8.15. The minimum atomic E-state index is -0.203. The van der Waals surface area contributed by atoms with E-state index in [1.807, 2.05) is 36.4 Å². The van der Waals surface area contributed by atoms with Crippen LogP contribution in [0.2, 0.25) is 0 Å². The highest BCUT2D eigenvalue weighted by atomic mass is 79.9. The molecule has 0 heterocycles. The molecule has 2 aromatic carbocycles. The average molecular weight is 448 g/mol. The molecule has 0 radical (unpaired) electrons. The van der Waals surface area contributed by atoms with Crippen molar-refractivity contribution >= 4 is 27.5 Å². The Morgan fingerprint density at radius 3 is 2.64 bits per heavy atom. The lowest BCUT2D eigenvalue weighted by Crippen LogP contribution is -2.14. The summed E-state index contributed by atoms with van der Waals surface area (Å²) < 4.78 is 12.5. The predicted octanol–water partition coefficient (Wildman–Crippen LogP) is 6.70. The van der Waals surface area contributed by atoms with Gasteiger partial charge in [0.1, 0.15) is 11.5 Å². The summed E-state index contributed by atoms with van der Waals surface area (Å²) in [6.45, 7) is 7.63. The van der Waals surface area contributed by atoms with E-state index in [0.29, 0.717) is 36.1 Å². The fraction of sp³-hybridized carbons (Fsp3) is 0.435. The summed E-state index contributed by atoms with van der Waals surface area (Å²) in [7, 11) is 0. The standard InChI is InChI=1S/C23H30BrNO3/c1-4-5-6-7-13-27-22-12-11-18(24)14-21(22)23(26)25-19-9-8-10-20(15-19)28-16-17(2)3/h8-12,14-15,17H,4-7,13,16H2,1-3H3,(H,25,26). The highest BCUT2D eigenvalue weighted by Gasteiger charge is 2.14. The molecule has 0 aliphatic rings. The zero-order valence-electron chi connectivity index (χ0n) is 17.0. The lowest BCUT2D eigenvalue weighted by atomic mass is 10.1. The molecule has 0 bridgehead atoms. The number of rotatable bonds is 11. The third-order valence-electron chi connectivity index (χ3n) is 4.12. The van der Waals surface area contributed by atoms with E-state index < -0.39 is 0 Å². The van der Waals surface area contributed by atoms with Crippen molar-refractivity contribution in [2.24, 2.45) is 5.92 Å². The molecule has 2 aromatic rings. The van der Waals surface area contributed by atoms with Gasteiger partial charge in [-0.05, 0) is 42.7 Å². The topological polar surface area (TPSA) is 47.6 Å². The quantitative estimate of drug-likeness (QED) is 0.390. The molecule has 0 aromatic heterocycles. The molecule has 0 saturated heterocycles. The van der Waals surface area contributed by atoms with Crippen molar-refractivity contribution in [2.75, 3.05) is 18.5 Å². The number of unbranched alkanes of at least 4 members (excludes halogenated alkanes) is 3. The normalized spacial score (nSPS) is 10.8. The summed E-state index contributed by atoms with van der Waals surface area (Å²) in [5.41, 5.74) is 1.21. The Morgan fingerprint density at radius 2 is 1.89 bits per heavy atom. The number of halogens is 1. The van der Waals surface area contributed by atoms with Gasteiger partial charge in [0.25, 0.3) is 5.91 Å². The van der Waals surface area contributed by atoms with Crippen molar-refractivity contribution < 1.29 is 14.3 Å². The lowest BCUT2D eigenvalue weighted by molar-refractivity contribution is 0.102. The summed E-state index contributed by atoms with van der Waals surface area (Å²) in [4.78, 5) is 12.8. The largest absolute Gasteiger partial charge is 0.493 e. The summed E-state index contributed by atoms with van der Waals surface area (Å²) >= 11 is 3.44. The maximum Gasteiger partial charge on any atom is 0.259 e. The van der Waals surface area contributed by atoms with Crippen LogP contribution in [0.1, 0.15) is 56.8 Å². The Bertz CT molecular complexity index is 761. The first kappa shape index (κ1) is 22.3. The molecule has 2 rings (SSSR count). The summed E-state index contributed by atoms with van der Waals surface area (Å²) in [5, 5.41) is 2.94. The molecule has 0 aliphatic heterocycles. The molecule has 28 heavy (non-hydrogen) atoms. The summed E-state index contributed by atoms with van der Waals surface area (Å²) in [6, 6.07) is 13.0. The van der Waals surface area contributed by atoms with Crippen LogP contribution in [0.15, 0.2) is 46.9 Å². The molecule has 0 aliphatic carbocycles. The van der Waals surface area contributed by atoms with Gasteiger partial charge in [-0.1, -0.05) is 62.0 Å². The molecule has 5 heteroatoms. The number of anilines is 1. The maximum atomic E-state index is 12.8. The van der Waals surface area contributed by atoms with Crippen molar-refractivity contribution in [1.82, 2.24) is 0 Å². The highest BCUT2D eigenvalue weighted by Crippen LogP contribution is 2.26. The molecule has 0 atom stereocenters. The number of hydrogen-bond donors (Lipinski definition) is 1. The molecule has 0 saturated carbocycles. The van der Waals surface area contributed by atoms with Gasteiger partial charge in [-0.15, -0.1) is 0 Å². The van der Waals surface area contributed by atoms with E-state index in [0.717, 1.165) is 23.1 Å². The molecular weight excluding hydrogens is 418 g/mol. The molecule has 0 spiro atoms. The zero-order chi connectivity index (χ0) is 20.4. The second-order valence-electron chi connectivity index (χ2n) is 7.24. The van der Waals surface area contributed by atoms with Crippen molar-refractivity contribution in [3.63, 3.8) is 0 Å². The number of carbonyl (C=O) groups is 1. The van der Waals surface area contributed by atoms with Crippen LogP contribution in [0.25, 0.3) is 0 Å². The number of carbonyl (C=O) groups excluding carboxylic acids is 1. The molecule has 0 fully saturated rings. The van der Waals surface area contributed by atoms with Crippen LogP contribution in [0.3, 0.4) is 0 Å². The number of hydrogen-bond acceptors (Lipinski definition) is 3. The first-order valence-electron chi connectivity index (χ1n) is 9.96. The van der Waals surface area contributed by atoms with Crippen LogP contribution in [0.4, 0.5) is 5.69 Å². The number of nitrogens with one attached hydrogen (secondary N) is 1. The highest BCUT2D eigenvalue weighted by molar-refractivity contribution is 9.10. The van der Waals surface area contributed by atoms with Gasteiger partial charge in [0, 0.05) is 16.2 Å². The molecule has 1 amide bonds. The predicted molar refractivity (Wildman–Crippen MR) is 119 cm³/mol. The summed E-state index contributed by atoms with van der Waals surface area (Å²) in [5.74, 6) is 1.58. The van der Waals surface area contributed by atoms with Gasteiger partial charge < -0.3 is 14.8 Å². The Balaban J connectivity index is 2.04. The van der Waals surface area contributed by atoms with Gasteiger partial charge in [0.05, 0.1) is 18.8 Å². The van der Waals surface area contributed by atoms with E-state index >= 15 is 0 Å². The van der Waals surface area contributed by atoms with Crippen LogP contribution < -0.4 is 14.8 Å². The fourth-order valence-corrected chi connectivity index (χ4v) is 3.00. The maximum absolute atomic E-state index is 12.8. The molecule has 4 nitrogen and oxygen atoms in total. The van der Waals surface area contributed by atoms with E-state index in [2.05, 4.69) is 42.0 Å². The third kappa shape index (κ3) is 7.55. The molecule has 0 unspecified atom stereocenters. The van der Waals surface area contributed by atoms with Crippen LogP contribution in [0.5, 0.6) is 11.5 Å². The first-order valence-corrected chi connectivity index (χ1v) is 10.8. The van der Waals surface area contributed by atoms with Crippen LogP contribution in [-0.2, 0) is 0 Å². The zero-order valence-corrected chi connectivity index (χ0v) is 18.6. The minimum absolute atomic E-state index is 0.203. The summed E-state index contributed by atoms with van der Waals surface area (Å²) in [6.07, 6.45) is 4.51. The van der Waals surface area contributed by atoms with E-state index in [-0.39, 0.29) is 5.91 Å². The lowest BCUT2D eigenvalue weighted by Gasteiger charge is -2.13. The van der Waals surface area contributed by atoms with Crippen LogP contribution >= 0.6 is 15.9 Å². The first-order chi connectivity index (χ1) is 13.5. The Hall–Kier alpha value is -2.01. The van der Waals surface area contributed by atoms with E-state index in [9.17, 15) is 4.79 Å². The van der Waals surface area contributed by atoms with Gasteiger partial charge in [-0.2, -0.15) is 0 Å². The van der Waals surface area contributed by atoms with Gasteiger partial charge in [-0.3, -0.25) is 4.79 Å². The SMILES string of the molecule is CCCCCCOc1ccc(Br)cc1C(=O)Nc1cccc(OCC(C)C)c1. The molecular formula is C23H30BrNO3. The van der Waals surface area contributed by atoms with Crippen LogP contribution in [0, 0.1) is 5.92 Å².